The molecule has 1 aromatic heterocycles. The Kier molecular flexibility index (Phi) is 4.47. The molecule has 1 N–H and O–H groups in total. The minimum absolute atomic E-state index is 0.245. The summed E-state index contributed by atoms with van der Waals surface area (Å²) >= 11 is 6.07. The number of halogens is 4. The predicted molar refractivity (Wildman–Crippen MR) is 73.9 cm³/mol. The summed E-state index contributed by atoms with van der Waals surface area (Å²) in [5.41, 5.74) is -1.23. The molecule has 0 bridgehead atoms. The first-order chi connectivity index (χ1) is 9.35. The third-order valence-electron chi connectivity index (χ3n) is 3.78. The second kappa shape index (κ2) is 5.80. The van der Waals surface area contributed by atoms with Crippen LogP contribution in [0.3, 0.4) is 0 Å². The zero-order valence-electron chi connectivity index (χ0n) is 11.3. The van der Waals surface area contributed by atoms with Gasteiger partial charge in [-0.15, -0.1) is 11.6 Å². The number of rotatable bonds is 3. The van der Waals surface area contributed by atoms with E-state index in [0.29, 0.717) is 11.8 Å². The third kappa shape index (κ3) is 3.57. The van der Waals surface area contributed by atoms with Crippen LogP contribution >= 0.6 is 11.6 Å². The average molecular weight is 307 g/mol. The van der Waals surface area contributed by atoms with Gasteiger partial charge in [-0.2, -0.15) is 13.2 Å². The van der Waals surface area contributed by atoms with Crippen molar-refractivity contribution >= 4 is 17.4 Å². The summed E-state index contributed by atoms with van der Waals surface area (Å²) in [6.45, 7) is 2.14. The summed E-state index contributed by atoms with van der Waals surface area (Å²) < 4.78 is 38.0. The molecule has 0 aromatic carbocycles. The van der Waals surface area contributed by atoms with Crippen LogP contribution < -0.4 is 5.32 Å². The monoisotopic (exact) mass is 306 g/mol. The highest BCUT2D eigenvalue weighted by molar-refractivity contribution is 6.18. The summed E-state index contributed by atoms with van der Waals surface area (Å²) in [7, 11) is 0. The summed E-state index contributed by atoms with van der Waals surface area (Å²) in [4.78, 5) is 3.66. The number of nitrogens with one attached hydrogen (secondary N) is 1. The summed E-state index contributed by atoms with van der Waals surface area (Å²) in [6.07, 6.45) is -0.547. The van der Waals surface area contributed by atoms with E-state index in [9.17, 15) is 13.2 Å². The van der Waals surface area contributed by atoms with Gasteiger partial charge < -0.3 is 5.32 Å². The molecule has 0 saturated heterocycles. The Labute approximate surface area is 121 Å². The van der Waals surface area contributed by atoms with E-state index in [2.05, 4.69) is 17.2 Å². The Morgan fingerprint density at radius 2 is 2.20 bits per heavy atom. The molecule has 2 nitrogen and oxygen atoms in total. The van der Waals surface area contributed by atoms with Crippen LogP contribution in [0.5, 0.6) is 0 Å². The molecule has 1 aromatic rings. The van der Waals surface area contributed by atoms with E-state index in [0.717, 1.165) is 31.7 Å². The summed E-state index contributed by atoms with van der Waals surface area (Å²) in [5.74, 6) is 1.13. The molecular weight excluding hydrogens is 289 g/mol. The zero-order chi connectivity index (χ0) is 14.8. The molecular formula is C14H18ClF3N2. The predicted octanol–water partition coefficient (Wildman–Crippen LogP) is 4.70. The molecule has 1 aliphatic carbocycles. The van der Waals surface area contributed by atoms with Gasteiger partial charge in [-0.25, -0.2) is 4.98 Å². The maximum absolute atomic E-state index is 12.7. The van der Waals surface area contributed by atoms with E-state index >= 15 is 0 Å². The zero-order valence-corrected chi connectivity index (χ0v) is 12.1. The molecule has 0 spiro atoms. The van der Waals surface area contributed by atoms with Gasteiger partial charge in [-0.3, -0.25) is 0 Å². The number of anilines is 1. The van der Waals surface area contributed by atoms with E-state index < -0.39 is 11.9 Å². The van der Waals surface area contributed by atoms with Gasteiger partial charge in [-0.05, 0) is 30.9 Å². The van der Waals surface area contributed by atoms with Crippen LogP contribution in [-0.4, -0.2) is 16.4 Å². The normalized spacial score (nSPS) is 27.4. The molecule has 0 radical (unpaired) electrons. The molecule has 2 rings (SSSR count). The van der Waals surface area contributed by atoms with Gasteiger partial charge in [0.1, 0.15) is 11.5 Å². The van der Waals surface area contributed by atoms with Crippen LogP contribution in [0.15, 0.2) is 18.2 Å². The average Bonchev–Trinajstić information content (AvgIpc) is 2.38. The van der Waals surface area contributed by atoms with E-state index in [-0.39, 0.29) is 11.4 Å². The van der Waals surface area contributed by atoms with Crippen molar-refractivity contribution in [3.8, 4) is 0 Å². The Morgan fingerprint density at radius 1 is 1.45 bits per heavy atom. The Hall–Kier alpha value is -0.970. The van der Waals surface area contributed by atoms with E-state index in [4.69, 9.17) is 11.6 Å². The highest BCUT2D eigenvalue weighted by atomic mass is 35.5. The van der Waals surface area contributed by atoms with Crippen LogP contribution in [0.2, 0.25) is 0 Å². The van der Waals surface area contributed by atoms with E-state index in [1.165, 1.54) is 6.07 Å². The number of aromatic nitrogens is 1. The van der Waals surface area contributed by atoms with Crippen LogP contribution in [0.25, 0.3) is 0 Å². The summed E-state index contributed by atoms with van der Waals surface area (Å²) in [6, 6.07) is 3.90. The highest BCUT2D eigenvalue weighted by Gasteiger charge is 2.36. The molecule has 1 saturated carbocycles. The lowest BCUT2D eigenvalue weighted by Crippen LogP contribution is -2.44. The van der Waals surface area contributed by atoms with Crippen LogP contribution in [0.4, 0.5) is 19.0 Å². The maximum atomic E-state index is 12.7. The quantitative estimate of drug-likeness (QED) is 0.819. The lowest BCUT2D eigenvalue weighted by Gasteiger charge is -2.39. The fraction of sp³-hybridized carbons (Fsp3) is 0.643. The van der Waals surface area contributed by atoms with Crippen LogP contribution in [0, 0.1) is 5.92 Å². The Bertz CT molecular complexity index is 464. The second-order valence-corrected chi connectivity index (χ2v) is 5.91. The molecule has 2 atom stereocenters. The SMILES string of the molecule is CC1CCCC(CCl)(Nc2cccc(C(F)(F)F)n2)C1. The molecule has 1 fully saturated rings. The fourth-order valence-corrected chi connectivity index (χ4v) is 3.17. The van der Waals surface area contributed by atoms with Crippen molar-refractivity contribution in [2.75, 3.05) is 11.2 Å². The first-order valence-electron chi connectivity index (χ1n) is 6.73. The molecule has 0 amide bonds. The number of pyridine rings is 1. The molecule has 1 aliphatic rings. The second-order valence-electron chi connectivity index (χ2n) is 5.65. The van der Waals surface area contributed by atoms with Crippen molar-refractivity contribution in [3.05, 3.63) is 23.9 Å². The van der Waals surface area contributed by atoms with Crippen molar-refractivity contribution in [2.24, 2.45) is 5.92 Å². The maximum Gasteiger partial charge on any atom is 0.433 e. The van der Waals surface area contributed by atoms with Crippen molar-refractivity contribution < 1.29 is 13.2 Å². The Morgan fingerprint density at radius 3 is 2.80 bits per heavy atom. The van der Waals surface area contributed by atoms with Crippen LogP contribution in [0.1, 0.15) is 38.3 Å². The van der Waals surface area contributed by atoms with Gasteiger partial charge in [0.2, 0.25) is 0 Å². The van der Waals surface area contributed by atoms with E-state index in [1.807, 2.05) is 0 Å². The topological polar surface area (TPSA) is 24.9 Å². The van der Waals surface area contributed by atoms with Gasteiger partial charge in [-0.1, -0.05) is 25.8 Å². The fourth-order valence-electron chi connectivity index (χ4n) is 2.86. The minimum Gasteiger partial charge on any atom is -0.363 e. The molecule has 6 heteroatoms. The van der Waals surface area contributed by atoms with Crippen molar-refractivity contribution in [2.45, 2.75) is 44.3 Å². The molecule has 0 aliphatic heterocycles. The minimum atomic E-state index is -4.42. The number of alkyl halides is 4. The largest absolute Gasteiger partial charge is 0.433 e. The molecule has 2 unspecified atom stereocenters. The van der Waals surface area contributed by atoms with Gasteiger partial charge in [0.25, 0.3) is 0 Å². The van der Waals surface area contributed by atoms with Gasteiger partial charge >= 0.3 is 6.18 Å². The van der Waals surface area contributed by atoms with Crippen molar-refractivity contribution in [1.82, 2.24) is 4.98 Å². The lowest BCUT2D eigenvalue weighted by atomic mass is 9.77. The lowest BCUT2D eigenvalue weighted by molar-refractivity contribution is -0.141. The van der Waals surface area contributed by atoms with Gasteiger partial charge in [0.05, 0.1) is 5.54 Å². The molecule has 1 heterocycles. The van der Waals surface area contributed by atoms with Crippen molar-refractivity contribution in [3.63, 3.8) is 0 Å². The van der Waals surface area contributed by atoms with Crippen LogP contribution in [-0.2, 0) is 6.18 Å². The first kappa shape index (κ1) is 15.4. The number of nitrogens with zero attached hydrogens (tertiary/aromatic N) is 1. The third-order valence-corrected chi connectivity index (χ3v) is 4.29. The first-order valence-corrected chi connectivity index (χ1v) is 7.26. The standard InChI is InChI=1S/C14H18ClF3N2/c1-10-4-3-7-13(8-10,9-15)20-12-6-2-5-11(19-12)14(16,17)18/h2,5-6,10H,3-4,7-9H2,1H3,(H,19,20). The highest BCUT2D eigenvalue weighted by Crippen LogP contribution is 2.36. The smallest absolute Gasteiger partial charge is 0.363 e. The molecule has 20 heavy (non-hydrogen) atoms. The van der Waals surface area contributed by atoms with Gasteiger partial charge in [0, 0.05) is 5.88 Å². The number of hydrogen-bond acceptors (Lipinski definition) is 2. The number of hydrogen-bond donors (Lipinski definition) is 1. The summed E-state index contributed by atoms with van der Waals surface area (Å²) in [5, 5.41) is 3.14. The molecule has 112 valence electrons. The van der Waals surface area contributed by atoms with Crippen molar-refractivity contribution in [1.29, 1.82) is 0 Å². The van der Waals surface area contributed by atoms with E-state index in [1.54, 1.807) is 6.07 Å². The Balaban J connectivity index is 2.19. The van der Waals surface area contributed by atoms with Gasteiger partial charge in [0.15, 0.2) is 0 Å².